The zero-order valence-electron chi connectivity index (χ0n) is 18.2. The van der Waals surface area contributed by atoms with Gasteiger partial charge in [0.05, 0.1) is 17.8 Å². The zero-order chi connectivity index (χ0) is 23.2. The smallest absolute Gasteiger partial charge is 0.256 e. The standard InChI is InChI=1S/C24H25ClFN3O3/c1-24(2,3)12-21(30)28-8-9-29-20(13-28)22(31)27-19-7-4-14(10-17(19)23(29)32)16-6-5-15(25)11-18(16)26/h4-7,10-11,20H,8-9,12-13H2,1-3H3,(H,27,31)/t20-/m1/s1. The summed E-state index contributed by atoms with van der Waals surface area (Å²) in [6.45, 7) is 6.73. The molecule has 0 bridgehead atoms. The number of anilines is 1. The number of benzene rings is 2. The molecule has 0 radical (unpaired) electrons. The number of hydrogen-bond acceptors (Lipinski definition) is 3. The number of carbonyl (C=O) groups is 3. The lowest BCUT2D eigenvalue weighted by atomic mass is 9.91. The second-order valence-corrected chi connectivity index (χ2v) is 9.90. The molecular formula is C24H25ClFN3O3. The van der Waals surface area contributed by atoms with Crippen molar-refractivity contribution in [2.24, 2.45) is 5.41 Å². The van der Waals surface area contributed by atoms with Gasteiger partial charge in [-0.05, 0) is 41.3 Å². The summed E-state index contributed by atoms with van der Waals surface area (Å²) in [5.74, 6) is -1.18. The predicted octanol–water partition coefficient (Wildman–Crippen LogP) is 4.19. The van der Waals surface area contributed by atoms with Gasteiger partial charge in [-0.1, -0.05) is 38.4 Å². The van der Waals surface area contributed by atoms with E-state index < -0.39 is 11.9 Å². The molecule has 1 atom stereocenters. The maximum atomic E-state index is 14.4. The summed E-state index contributed by atoms with van der Waals surface area (Å²) in [7, 11) is 0. The number of carbonyl (C=O) groups excluding carboxylic acids is 3. The fourth-order valence-electron chi connectivity index (χ4n) is 4.13. The highest BCUT2D eigenvalue weighted by molar-refractivity contribution is 6.30. The number of nitrogens with zero attached hydrogens (tertiary/aromatic N) is 2. The summed E-state index contributed by atoms with van der Waals surface area (Å²) in [5, 5.41) is 3.09. The number of hydrogen-bond donors (Lipinski definition) is 1. The van der Waals surface area contributed by atoms with Crippen LogP contribution in [-0.4, -0.2) is 53.2 Å². The van der Waals surface area contributed by atoms with Crippen LogP contribution in [0, 0.1) is 11.2 Å². The largest absolute Gasteiger partial charge is 0.338 e. The van der Waals surface area contributed by atoms with E-state index in [4.69, 9.17) is 11.6 Å². The van der Waals surface area contributed by atoms with Gasteiger partial charge in [-0.3, -0.25) is 14.4 Å². The highest BCUT2D eigenvalue weighted by atomic mass is 35.5. The first-order valence-corrected chi connectivity index (χ1v) is 10.9. The molecule has 32 heavy (non-hydrogen) atoms. The third-order valence-corrected chi connectivity index (χ3v) is 5.96. The quantitative estimate of drug-likeness (QED) is 0.735. The molecule has 8 heteroatoms. The average molecular weight is 458 g/mol. The lowest BCUT2D eigenvalue weighted by Gasteiger charge is -2.40. The van der Waals surface area contributed by atoms with Gasteiger partial charge in [-0.15, -0.1) is 0 Å². The van der Waals surface area contributed by atoms with Gasteiger partial charge in [0.1, 0.15) is 11.9 Å². The van der Waals surface area contributed by atoms with E-state index in [1.807, 2.05) is 20.8 Å². The zero-order valence-corrected chi connectivity index (χ0v) is 19.0. The van der Waals surface area contributed by atoms with Crippen LogP contribution in [-0.2, 0) is 9.59 Å². The summed E-state index contributed by atoms with van der Waals surface area (Å²) >= 11 is 5.85. The van der Waals surface area contributed by atoms with Crippen molar-refractivity contribution >= 4 is 35.0 Å². The molecule has 1 fully saturated rings. The third kappa shape index (κ3) is 4.35. The van der Waals surface area contributed by atoms with Crippen molar-refractivity contribution in [3.05, 3.63) is 52.8 Å². The van der Waals surface area contributed by atoms with Crippen molar-refractivity contribution < 1.29 is 18.8 Å². The first-order chi connectivity index (χ1) is 15.0. The number of halogens is 2. The molecule has 2 aromatic carbocycles. The summed E-state index contributed by atoms with van der Waals surface area (Å²) in [6, 6.07) is 8.43. The Morgan fingerprint density at radius 2 is 1.88 bits per heavy atom. The van der Waals surface area contributed by atoms with Crippen molar-refractivity contribution in [1.29, 1.82) is 0 Å². The Bertz CT molecular complexity index is 1110. The minimum absolute atomic E-state index is 0.0281. The summed E-state index contributed by atoms with van der Waals surface area (Å²) in [4.78, 5) is 42.1. The summed E-state index contributed by atoms with van der Waals surface area (Å²) in [6.07, 6.45) is 0.367. The molecule has 0 spiro atoms. The monoisotopic (exact) mass is 457 g/mol. The van der Waals surface area contributed by atoms with Crippen molar-refractivity contribution in [2.75, 3.05) is 25.0 Å². The van der Waals surface area contributed by atoms with E-state index in [-0.39, 0.29) is 41.2 Å². The third-order valence-electron chi connectivity index (χ3n) is 5.73. The van der Waals surface area contributed by atoms with Crippen LogP contribution in [0.5, 0.6) is 0 Å². The molecule has 2 aromatic rings. The molecule has 168 valence electrons. The van der Waals surface area contributed by atoms with Crippen LogP contribution >= 0.6 is 11.6 Å². The van der Waals surface area contributed by atoms with Gasteiger partial charge in [0.25, 0.3) is 5.91 Å². The van der Waals surface area contributed by atoms with E-state index in [2.05, 4.69) is 5.32 Å². The molecular weight excluding hydrogens is 433 g/mol. The van der Waals surface area contributed by atoms with Gasteiger partial charge in [-0.25, -0.2) is 4.39 Å². The van der Waals surface area contributed by atoms with Crippen molar-refractivity contribution in [1.82, 2.24) is 9.80 Å². The average Bonchev–Trinajstić information content (AvgIpc) is 2.81. The van der Waals surface area contributed by atoms with Crippen LogP contribution < -0.4 is 5.32 Å². The molecule has 0 unspecified atom stereocenters. The molecule has 2 aliphatic rings. The van der Waals surface area contributed by atoms with Gasteiger partial charge >= 0.3 is 0 Å². The highest BCUT2D eigenvalue weighted by Crippen LogP contribution is 2.32. The molecule has 1 N–H and O–H groups in total. The SMILES string of the molecule is CC(C)(C)CC(=O)N1CCN2C(=O)c3cc(-c4ccc(Cl)cc4F)ccc3NC(=O)[C@H]2C1. The Morgan fingerprint density at radius 1 is 1.12 bits per heavy atom. The van der Waals surface area contributed by atoms with Crippen LogP contribution in [0.25, 0.3) is 11.1 Å². The van der Waals surface area contributed by atoms with E-state index in [0.717, 1.165) is 0 Å². The van der Waals surface area contributed by atoms with Crippen molar-refractivity contribution in [3.8, 4) is 11.1 Å². The van der Waals surface area contributed by atoms with Crippen LogP contribution in [0.1, 0.15) is 37.6 Å². The van der Waals surface area contributed by atoms with E-state index in [0.29, 0.717) is 35.3 Å². The maximum Gasteiger partial charge on any atom is 0.256 e. The molecule has 4 rings (SSSR count). The number of amides is 3. The van der Waals surface area contributed by atoms with E-state index in [1.54, 1.807) is 35.2 Å². The molecule has 0 saturated carbocycles. The molecule has 2 heterocycles. The van der Waals surface area contributed by atoms with Crippen molar-refractivity contribution in [3.63, 3.8) is 0 Å². The number of fused-ring (bicyclic) bond motifs is 2. The molecule has 3 amide bonds. The lowest BCUT2D eigenvalue weighted by Crippen LogP contribution is -2.59. The van der Waals surface area contributed by atoms with Gasteiger partial charge in [-0.2, -0.15) is 0 Å². The van der Waals surface area contributed by atoms with Gasteiger partial charge in [0.2, 0.25) is 11.8 Å². The minimum atomic E-state index is -0.775. The van der Waals surface area contributed by atoms with Crippen LogP contribution in [0.2, 0.25) is 5.02 Å². The second-order valence-electron chi connectivity index (χ2n) is 9.47. The fourth-order valence-corrected chi connectivity index (χ4v) is 4.29. The molecule has 0 aliphatic carbocycles. The molecule has 0 aromatic heterocycles. The number of piperazine rings is 1. The Labute approximate surface area is 191 Å². The van der Waals surface area contributed by atoms with Gasteiger partial charge < -0.3 is 15.1 Å². The fraction of sp³-hybridized carbons (Fsp3) is 0.375. The number of nitrogens with one attached hydrogen (secondary N) is 1. The normalized spacial score (nSPS) is 18.6. The molecule has 1 saturated heterocycles. The van der Waals surface area contributed by atoms with Gasteiger partial charge in [0.15, 0.2) is 0 Å². The Morgan fingerprint density at radius 3 is 2.56 bits per heavy atom. The first kappa shape index (κ1) is 22.3. The highest BCUT2D eigenvalue weighted by Gasteiger charge is 2.40. The Hall–Kier alpha value is -2.93. The van der Waals surface area contributed by atoms with E-state index >= 15 is 0 Å². The Balaban J connectivity index is 1.62. The van der Waals surface area contributed by atoms with Crippen molar-refractivity contribution in [2.45, 2.75) is 33.2 Å². The summed E-state index contributed by atoms with van der Waals surface area (Å²) in [5.41, 5.74) is 1.33. The topological polar surface area (TPSA) is 69.7 Å². The van der Waals surface area contributed by atoms with E-state index in [1.165, 1.54) is 11.0 Å². The van der Waals surface area contributed by atoms with Crippen LogP contribution in [0.15, 0.2) is 36.4 Å². The van der Waals surface area contributed by atoms with Crippen LogP contribution in [0.3, 0.4) is 0 Å². The Kier molecular flexibility index (Phi) is 5.71. The lowest BCUT2D eigenvalue weighted by molar-refractivity contribution is -0.137. The van der Waals surface area contributed by atoms with E-state index in [9.17, 15) is 18.8 Å². The maximum absolute atomic E-state index is 14.4. The number of rotatable bonds is 2. The minimum Gasteiger partial charge on any atom is -0.338 e. The molecule has 2 aliphatic heterocycles. The first-order valence-electron chi connectivity index (χ1n) is 10.5. The molecule has 6 nitrogen and oxygen atoms in total. The van der Waals surface area contributed by atoms with Crippen LogP contribution in [0.4, 0.5) is 10.1 Å². The second kappa shape index (κ2) is 8.20. The van der Waals surface area contributed by atoms with Gasteiger partial charge in [0, 0.05) is 30.1 Å². The predicted molar refractivity (Wildman–Crippen MR) is 121 cm³/mol. The summed E-state index contributed by atoms with van der Waals surface area (Å²) < 4.78 is 14.4.